The van der Waals surface area contributed by atoms with Gasteiger partial charge >= 0.3 is 5.97 Å². The third kappa shape index (κ3) is 26.2. The van der Waals surface area contributed by atoms with Crippen LogP contribution < -0.4 is 76.1 Å². The van der Waals surface area contributed by atoms with E-state index in [0.29, 0.717) is 25.8 Å². The minimum atomic E-state index is -2.57. The van der Waals surface area contributed by atoms with Crippen LogP contribution in [0, 0.1) is 23.7 Å². The van der Waals surface area contributed by atoms with Crippen LogP contribution in [0.1, 0.15) is 132 Å². The van der Waals surface area contributed by atoms with Crippen molar-refractivity contribution in [1.29, 1.82) is 0 Å². The number of nitrogens with zero attached hydrogens (tertiary/aromatic N) is 1. The van der Waals surface area contributed by atoms with Gasteiger partial charge < -0.3 is 101 Å². The summed E-state index contributed by atoms with van der Waals surface area (Å²) in [5, 5.41) is 68.2. The molecule has 0 aromatic heterocycles. The van der Waals surface area contributed by atoms with Gasteiger partial charge in [0, 0.05) is 13.0 Å². The maximum Gasteiger partial charge on any atom is 0.331 e. The number of guanidine groups is 1. The van der Waals surface area contributed by atoms with E-state index in [1.54, 1.807) is 41.5 Å². The summed E-state index contributed by atoms with van der Waals surface area (Å²) < 4.78 is 5.92. The Morgan fingerprint density at radius 2 is 1.24 bits per heavy atom. The highest BCUT2D eigenvalue weighted by Crippen LogP contribution is 2.25. The summed E-state index contributed by atoms with van der Waals surface area (Å²) in [4.78, 5) is 173. The summed E-state index contributed by atoms with van der Waals surface area (Å²) in [6.45, 7) is 12.2. The van der Waals surface area contributed by atoms with Gasteiger partial charge in [-0.1, -0.05) is 98.6 Å². The Bertz CT molecular complexity index is 2610. The van der Waals surface area contributed by atoms with Crippen molar-refractivity contribution in [3.63, 3.8) is 0 Å². The van der Waals surface area contributed by atoms with Gasteiger partial charge in [0.05, 0.1) is 25.4 Å². The topological polar surface area (TPSA) is 532 Å². The van der Waals surface area contributed by atoms with Crippen LogP contribution in [0.3, 0.4) is 0 Å². The van der Waals surface area contributed by atoms with Gasteiger partial charge in [-0.05, 0) is 81.2 Å². The molecule has 2 rings (SSSR count). The average Bonchev–Trinajstić information content (AvgIpc) is 1.10. The SMILES string of the molecule is CC[C@H](C)[C@@H]1NC(=O)[C@@H](CCCN=C(N)N)NC(=O)[C@H](CC(C)C)NC(=O)[C@H]([C@H](O)C(C)C)NC(=O)[C@@H](NC(=O)[C@H](CC(C)C)NC(=O)CCCCCN)[C@@H](c2ccccc2)OC(=O)[C@H](CO)NC(=O)[C@H]([C@H](O)C(N)=O)NC(=O)CNC(=O)[C@H]([C@H](C)O)NC1=O. The van der Waals surface area contributed by atoms with E-state index >= 15 is 4.79 Å². The smallest absolute Gasteiger partial charge is 0.331 e. The first kappa shape index (κ1) is 78.0. The first-order valence-electron chi connectivity index (χ1n) is 30.2. The molecule has 22 N–H and O–H groups in total. The van der Waals surface area contributed by atoms with Crippen LogP contribution in [0.4, 0.5) is 0 Å². The van der Waals surface area contributed by atoms with Gasteiger partial charge in [-0.15, -0.1) is 0 Å². The second-order valence-corrected chi connectivity index (χ2v) is 23.5. The van der Waals surface area contributed by atoms with Crippen LogP contribution in [0.2, 0.25) is 0 Å². The van der Waals surface area contributed by atoms with Crippen molar-refractivity contribution in [2.75, 3.05) is 26.2 Å². The van der Waals surface area contributed by atoms with Gasteiger partial charge in [-0.2, -0.15) is 0 Å². The fourth-order valence-electron chi connectivity index (χ4n) is 9.23. The quantitative estimate of drug-likeness (QED) is 0.0188. The van der Waals surface area contributed by atoms with Gasteiger partial charge in [0.25, 0.3) is 0 Å². The number of aliphatic hydroxyl groups is 4. The van der Waals surface area contributed by atoms with E-state index in [1.807, 2.05) is 10.6 Å². The number of primary amides is 1. The summed E-state index contributed by atoms with van der Waals surface area (Å²) in [6, 6.07) is -9.43. The molecular formula is C58H97N15O17. The molecule has 0 unspecified atom stereocenters. The number of aliphatic hydroxyl groups excluding tert-OH is 4. The molecular weight excluding hydrogens is 1180 g/mol. The number of nitrogens with two attached hydrogens (primary N) is 4. The van der Waals surface area contributed by atoms with E-state index < -0.39 is 175 Å². The molecule has 1 aliphatic rings. The van der Waals surface area contributed by atoms with Gasteiger partial charge in [0.2, 0.25) is 65.0 Å². The van der Waals surface area contributed by atoms with Crippen LogP contribution in [0.15, 0.2) is 35.3 Å². The molecule has 32 heteroatoms. The first-order valence-corrected chi connectivity index (χ1v) is 30.2. The molecule has 32 nitrogen and oxygen atoms in total. The van der Waals surface area contributed by atoms with Crippen molar-refractivity contribution in [2.45, 2.75) is 199 Å². The van der Waals surface area contributed by atoms with E-state index in [-0.39, 0.29) is 68.4 Å². The zero-order valence-electron chi connectivity index (χ0n) is 52.7. The molecule has 11 amide bonds. The predicted molar refractivity (Wildman–Crippen MR) is 326 cm³/mol. The number of carbonyl (C=O) groups is 12. The second kappa shape index (κ2) is 39.1. The Morgan fingerprint density at radius 3 is 1.80 bits per heavy atom. The van der Waals surface area contributed by atoms with Crippen molar-refractivity contribution in [1.82, 2.24) is 53.2 Å². The van der Waals surface area contributed by atoms with E-state index in [2.05, 4.69) is 47.5 Å². The van der Waals surface area contributed by atoms with Gasteiger partial charge in [0.1, 0.15) is 48.3 Å². The summed E-state index contributed by atoms with van der Waals surface area (Å²) in [5.74, 6) is -16.8. The number of esters is 1. The lowest BCUT2D eigenvalue weighted by Crippen LogP contribution is -2.64. The Balaban J connectivity index is 3.11. The minimum Gasteiger partial charge on any atom is -0.453 e. The Hall–Kier alpha value is -8.07. The zero-order chi connectivity index (χ0) is 68.1. The molecule has 14 atom stereocenters. The van der Waals surface area contributed by atoms with Gasteiger partial charge in [-0.25, -0.2) is 4.79 Å². The standard InChI is InChI=1S/C58H97N15O17/c1-10-31(8)40-53(85)71-41(32(9)75)52(84)64-26-39(77)69-43(46(79)48(60)80)55(87)68-37(27-74)57(89)90-47(33-18-13-11-14-19-33)44(73-51(83)35(24-28(2)3)65-38(76)21-15-12-16-22-59)56(88)72-42(45(78)30(6)7)54(86)67-36(25-29(4)5)50(82)66-34(49(81)70-40)20-17-23-63-58(61)62/h11,13-14,18-19,28-32,34-37,40-47,74-75,78-79H,10,12,15-17,20-27,59H2,1-9H3,(H2,60,80)(H,64,84)(H,65,76)(H,66,82)(H,67,86)(H,68,87)(H,69,77)(H,70,81)(H,71,85)(H,72,88)(H,73,83)(H4,61,62,63)/t31-,32-,34+,35-,36-,37-,40-,41-,42-,43-,44-,45+,46-,47+/m0/s1. The fraction of sp³-hybridized carbons (Fsp3) is 0.672. The molecule has 1 aromatic rings. The number of hydrogen-bond donors (Lipinski definition) is 18. The zero-order valence-corrected chi connectivity index (χ0v) is 52.7. The summed E-state index contributed by atoms with van der Waals surface area (Å²) in [7, 11) is 0. The number of benzene rings is 1. The molecule has 0 saturated carbocycles. The van der Waals surface area contributed by atoms with E-state index in [9.17, 15) is 73.2 Å². The van der Waals surface area contributed by atoms with Crippen molar-refractivity contribution in [2.24, 2.45) is 51.6 Å². The largest absolute Gasteiger partial charge is 0.453 e. The molecule has 0 bridgehead atoms. The normalized spacial score (nSPS) is 24.3. The van der Waals surface area contributed by atoms with Crippen molar-refractivity contribution in [3.8, 4) is 0 Å². The Labute approximate surface area is 523 Å². The molecule has 0 aliphatic carbocycles. The lowest BCUT2D eigenvalue weighted by Gasteiger charge is -2.33. The van der Waals surface area contributed by atoms with Crippen LogP contribution in [-0.4, -0.2) is 196 Å². The Morgan fingerprint density at radius 1 is 0.667 bits per heavy atom. The van der Waals surface area contributed by atoms with Gasteiger partial charge in [-0.3, -0.25) is 57.7 Å². The van der Waals surface area contributed by atoms with Gasteiger partial charge in [0.15, 0.2) is 24.2 Å². The maximum atomic E-state index is 15.3. The number of ether oxygens (including phenoxy) is 1. The number of amides is 11. The van der Waals surface area contributed by atoms with Crippen molar-refractivity contribution in [3.05, 3.63) is 35.9 Å². The third-order valence-electron chi connectivity index (χ3n) is 14.5. The molecule has 0 radical (unpaired) electrons. The maximum absolute atomic E-state index is 15.3. The van der Waals surface area contributed by atoms with Crippen LogP contribution >= 0.6 is 0 Å². The fourth-order valence-corrected chi connectivity index (χ4v) is 9.23. The van der Waals surface area contributed by atoms with Crippen LogP contribution in [0.25, 0.3) is 0 Å². The summed E-state index contributed by atoms with van der Waals surface area (Å²) in [6.07, 6.45) is -6.52. The number of carbonyl (C=O) groups excluding carboxylic acids is 12. The highest BCUT2D eigenvalue weighted by Gasteiger charge is 2.43. The number of hydrogen-bond acceptors (Lipinski definition) is 19. The van der Waals surface area contributed by atoms with E-state index in [0.717, 1.165) is 6.92 Å². The number of rotatable bonds is 25. The van der Waals surface area contributed by atoms with Crippen LogP contribution in [-0.2, 0) is 62.3 Å². The van der Waals surface area contributed by atoms with E-state index in [1.165, 1.54) is 44.2 Å². The summed E-state index contributed by atoms with van der Waals surface area (Å²) in [5.41, 5.74) is 22.0. The highest BCUT2D eigenvalue weighted by molar-refractivity contribution is 6.00. The lowest BCUT2D eigenvalue weighted by molar-refractivity contribution is -0.159. The second-order valence-electron chi connectivity index (χ2n) is 23.5. The number of aliphatic imine (C=N–C) groups is 1. The monoisotopic (exact) mass is 1280 g/mol. The number of unbranched alkanes of at least 4 members (excludes halogenated alkanes) is 2. The number of cyclic esters (lactones) is 1. The Kier molecular flexibility index (Phi) is 33.9. The number of nitrogens with one attached hydrogen (secondary N) is 10. The first-order chi connectivity index (χ1) is 42.3. The predicted octanol–water partition coefficient (Wildman–Crippen LogP) is -5.29. The molecule has 0 spiro atoms. The van der Waals surface area contributed by atoms with Crippen molar-refractivity contribution >= 4 is 76.9 Å². The molecule has 1 aromatic carbocycles. The molecule has 1 fully saturated rings. The molecule has 1 heterocycles. The minimum absolute atomic E-state index is 0.0172. The van der Waals surface area contributed by atoms with Crippen LogP contribution in [0.5, 0.6) is 0 Å². The third-order valence-corrected chi connectivity index (χ3v) is 14.5. The summed E-state index contributed by atoms with van der Waals surface area (Å²) >= 11 is 0. The molecule has 1 aliphatic heterocycles. The molecule has 90 heavy (non-hydrogen) atoms. The highest BCUT2D eigenvalue weighted by atomic mass is 16.5. The molecule has 506 valence electrons. The van der Waals surface area contributed by atoms with Crippen molar-refractivity contribution < 1.29 is 82.7 Å². The lowest BCUT2D eigenvalue weighted by atomic mass is 9.95. The average molecular weight is 1280 g/mol. The molecule has 1 saturated heterocycles. The van der Waals surface area contributed by atoms with E-state index in [4.69, 9.17) is 27.7 Å².